The van der Waals surface area contributed by atoms with Gasteiger partial charge in [-0.3, -0.25) is 28.6 Å². The number of carboxylic acid groups (broad SMARTS) is 1. The second-order valence-electron chi connectivity index (χ2n) is 8.03. The molecule has 0 bridgehead atoms. The molecule has 2 atom stereocenters. The van der Waals surface area contributed by atoms with E-state index in [1.165, 1.54) is 24.3 Å². The first-order valence-electron chi connectivity index (χ1n) is 11.0. The van der Waals surface area contributed by atoms with E-state index in [-0.39, 0.29) is 58.2 Å². The number of hydrogen-bond donors (Lipinski definition) is 5. The van der Waals surface area contributed by atoms with Gasteiger partial charge in [-0.25, -0.2) is 14.9 Å². The summed E-state index contributed by atoms with van der Waals surface area (Å²) in [5.41, 5.74) is 9.29. The van der Waals surface area contributed by atoms with E-state index < -0.39 is 40.3 Å². The van der Waals surface area contributed by atoms with Gasteiger partial charge in [-0.2, -0.15) is 5.10 Å². The third-order valence-corrected chi connectivity index (χ3v) is 7.97. The largest absolute Gasteiger partial charge is 0.477 e. The third-order valence-electron chi connectivity index (χ3n) is 5.63. The molecule has 19 heteroatoms. The number of aromatic nitrogens is 4. The van der Waals surface area contributed by atoms with Gasteiger partial charge in [0, 0.05) is 30.6 Å². The topological polar surface area (TPSA) is 241 Å². The minimum Gasteiger partial charge on any atom is -0.477 e. The molecule has 0 aromatic carbocycles. The van der Waals surface area contributed by atoms with Crippen molar-refractivity contribution in [2.45, 2.75) is 24.4 Å². The molecular weight excluding hydrogens is 574 g/mol. The number of oxime groups is 1. The van der Waals surface area contributed by atoms with Gasteiger partial charge in [0.05, 0.1) is 4.86 Å². The second-order valence-corrected chi connectivity index (χ2v) is 10.5. The number of nitrogens with two attached hydrogens (primary N) is 2. The molecule has 7 N–H and O–H groups in total. The highest BCUT2D eigenvalue weighted by Gasteiger charge is 2.54. The zero-order chi connectivity index (χ0) is 28.4. The highest BCUT2D eigenvalue weighted by Crippen LogP contribution is 2.41. The van der Waals surface area contributed by atoms with Crippen molar-refractivity contribution in [3.63, 3.8) is 0 Å². The maximum Gasteiger partial charge on any atom is 0.352 e. The van der Waals surface area contributed by atoms with Crippen molar-refractivity contribution >= 4 is 68.8 Å². The van der Waals surface area contributed by atoms with Crippen LogP contribution in [0.2, 0.25) is 0 Å². The number of nitrogens with zero attached hydrogens (tertiary/aromatic N) is 5. The molecule has 4 heterocycles. The molecule has 2 aliphatic heterocycles. The van der Waals surface area contributed by atoms with Gasteiger partial charge in [-0.05, 0) is 5.57 Å². The number of H-pyrrole nitrogens is 1. The molecule has 0 saturated carbocycles. The summed E-state index contributed by atoms with van der Waals surface area (Å²) in [5.74, 6) is -2.66. The molecule has 2 amide bonds. The van der Waals surface area contributed by atoms with Gasteiger partial charge in [-0.15, -0.1) is 23.1 Å². The van der Waals surface area contributed by atoms with Gasteiger partial charge in [-0.1, -0.05) is 17.4 Å². The molecule has 0 aliphatic carbocycles. The Morgan fingerprint density at radius 1 is 1.38 bits per heavy atom. The monoisotopic (exact) mass is 595 g/mol. The van der Waals surface area contributed by atoms with Crippen molar-refractivity contribution in [3.8, 4) is 0 Å². The van der Waals surface area contributed by atoms with Crippen LogP contribution in [0.15, 0.2) is 31.4 Å². The fraction of sp³-hybridized carbons (Fsp3) is 0.350. The van der Waals surface area contributed by atoms with E-state index in [0.29, 0.717) is 5.57 Å². The van der Waals surface area contributed by atoms with Crippen molar-refractivity contribution in [2.75, 3.05) is 25.1 Å². The number of amides is 2. The predicted octanol–water partition coefficient (Wildman–Crippen LogP) is -2.17. The first kappa shape index (κ1) is 28.1. The summed E-state index contributed by atoms with van der Waals surface area (Å²) < 4.78 is 1.02. The molecular formula is C20H21N9O7S3. The Morgan fingerprint density at radius 2 is 2.13 bits per heavy atom. The number of β-lactam (4-membered cyclic amide) rings is 1. The van der Waals surface area contributed by atoms with E-state index >= 15 is 0 Å². The molecule has 2 unspecified atom stereocenters. The standard InChI is InChI=1S/C20H21N9O7S3/c1-36-27-10(8-6-39-20(22)23-8)14(30)24-11-16(32)29-12(19(34)35)7(5-38-18(11)29)4-9(37)13-25-26-15(31)17(33)28(13)3-2-21/h6,11,18H,2-5,21H2,1H3,(H2,22,23)(H,24,30)(H,26,31)(H,34,35). The van der Waals surface area contributed by atoms with Gasteiger partial charge in [0.15, 0.2) is 16.7 Å². The second kappa shape index (κ2) is 11.4. The van der Waals surface area contributed by atoms with Gasteiger partial charge < -0.3 is 26.7 Å². The first-order valence-corrected chi connectivity index (χ1v) is 13.4. The van der Waals surface area contributed by atoms with E-state index in [1.807, 2.05) is 0 Å². The lowest BCUT2D eigenvalue weighted by Gasteiger charge is -2.49. The van der Waals surface area contributed by atoms with Crippen LogP contribution in [0, 0.1) is 0 Å². The SMILES string of the molecule is CON=C(C(=O)NC1C(=O)N2C(C(=O)O)=C(CC(=S)c3n[nH]c(=O)c(=O)n3CCN)CSC12)c1csc(N)n1. The molecule has 2 aliphatic rings. The molecule has 1 saturated heterocycles. The smallest absolute Gasteiger partial charge is 0.352 e. The number of thiocarbonyl (C=S) groups is 1. The van der Waals surface area contributed by atoms with E-state index in [4.69, 9.17) is 28.5 Å². The lowest BCUT2D eigenvalue weighted by atomic mass is 10.00. The summed E-state index contributed by atoms with van der Waals surface area (Å²) in [5, 5.41) is 23.1. The average Bonchev–Trinajstić information content (AvgIpc) is 3.33. The highest BCUT2D eigenvalue weighted by molar-refractivity contribution is 8.00. The number of aliphatic carboxylic acids is 1. The van der Waals surface area contributed by atoms with Crippen molar-refractivity contribution in [3.05, 3.63) is 48.9 Å². The van der Waals surface area contributed by atoms with Gasteiger partial charge in [0.25, 0.3) is 11.8 Å². The zero-order valence-electron chi connectivity index (χ0n) is 20.1. The lowest BCUT2D eigenvalue weighted by Crippen LogP contribution is -2.71. The van der Waals surface area contributed by atoms with Gasteiger partial charge in [0.1, 0.15) is 29.9 Å². The van der Waals surface area contributed by atoms with Crippen LogP contribution in [0.5, 0.6) is 0 Å². The van der Waals surface area contributed by atoms with Crippen LogP contribution in [-0.4, -0.2) is 88.9 Å². The molecule has 2 aromatic heterocycles. The number of carboxylic acids is 1. The number of thioether (sulfide) groups is 1. The number of carbonyl (C=O) groups excluding carboxylic acids is 2. The summed E-state index contributed by atoms with van der Waals surface area (Å²) in [6.07, 6.45) is -0.129. The average molecular weight is 596 g/mol. The normalized spacial score (nSPS) is 18.9. The summed E-state index contributed by atoms with van der Waals surface area (Å²) in [7, 11) is 1.24. The van der Waals surface area contributed by atoms with Crippen LogP contribution in [0.4, 0.5) is 5.13 Å². The Hall–Kier alpha value is -3.94. The fourth-order valence-electron chi connectivity index (χ4n) is 3.97. The van der Waals surface area contributed by atoms with Crippen LogP contribution in [0.1, 0.15) is 17.9 Å². The molecule has 16 nitrogen and oxygen atoms in total. The maximum atomic E-state index is 13.0. The molecule has 0 radical (unpaired) electrons. The van der Waals surface area contributed by atoms with Crippen molar-refractivity contribution in [2.24, 2.45) is 10.9 Å². The lowest BCUT2D eigenvalue weighted by molar-refractivity contribution is -0.150. The predicted molar refractivity (Wildman–Crippen MR) is 144 cm³/mol. The Labute approximate surface area is 232 Å². The quantitative estimate of drug-likeness (QED) is 0.0491. The Balaban J connectivity index is 1.56. The summed E-state index contributed by atoms with van der Waals surface area (Å²) in [4.78, 5) is 72.0. The van der Waals surface area contributed by atoms with E-state index in [1.54, 1.807) is 0 Å². The van der Waals surface area contributed by atoms with E-state index in [0.717, 1.165) is 20.8 Å². The number of anilines is 1. The van der Waals surface area contributed by atoms with Crippen LogP contribution >= 0.6 is 35.3 Å². The maximum absolute atomic E-state index is 13.0. The number of aromatic amines is 1. The summed E-state index contributed by atoms with van der Waals surface area (Å²) in [6.45, 7) is 0.00401. The van der Waals surface area contributed by atoms with Crippen molar-refractivity contribution in [1.82, 2.24) is 30.0 Å². The van der Waals surface area contributed by atoms with Gasteiger partial charge in [0.2, 0.25) is 0 Å². The number of nitrogens with one attached hydrogen (secondary N) is 2. The van der Waals surface area contributed by atoms with Crippen molar-refractivity contribution in [1.29, 1.82) is 0 Å². The number of rotatable bonds is 10. The van der Waals surface area contributed by atoms with Gasteiger partial charge >= 0.3 is 17.1 Å². The number of fused-ring (bicyclic) bond motifs is 1. The van der Waals surface area contributed by atoms with E-state index in [2.05, 4.69) is 25.7 Å². The van der Waals surface area contributed by atoms with Crippen LogP contribution in [0.3, 0.4) is 0 Å². The highest BCUT2D eigenvalue weighted by atomic mass is 32.2. The minimum absolute atomic E-state index is 0.0271. The minimum atomic E-state index is -1.37. The molecule has 0 spiro atoms. The number of hydrogen-bond acceptors (Lipinski definition) is 14. The Bertz CT molecular complexity index is 1540. The summed E-state index contributed by atoms with van der Waals surface area (Å²) in [6, 6.07) is -1.04. The van der Waals surface area contributed by atoms with Crippen LogP contribution in [0.25, 0.3) is 0 Å². The third kappa shape index (κ3) is 5.33. The molecule has 206 valence electrons. The fourth-order valence-corrected chi connectivity index (χ4v) is 6.20. The molecule has 39 heavy (non-hydrogen) atoms. The summed E-state index contributed by atoms with van der Waals surface area (Å²) >= 11 is 7.73. The molecule has 1 fully saturated rings. The number of nitrogen functional groups attached to an aromatic ring is 1. The molecule has 2 aromatic rings. The number of carbonyl (C=O) groups is 3. The first-order chi connectivity index (χ1) is 18.6. The van der Waals surface area contributed by atoms with Crippen LogP contribution < -0.4 is 27.9 Å². The Morgan fingerprint density at radius 3 is 2.74 bits per heavy atom. The molecule has 4 rings (SSSR count). The zero-order valence-corrected chi connectivity index (χ0v) is 22.5. The van der Waals surface area contributed by atoms with E-state index in [9.17, 15) is 29.1 Å². The Kier molecular flexibility index (Phi) is 8.23. The van der Waals surface area contributed by atoms with Crippen LogP contribution in [-0.2, 0) is 25.8 Å². The van der Waals surface area contributed by atoms with Crippen molar-refractivity contribution < 1.29 is 24.3 Å². The number of thiazole rings is 1.